The maximum absolute atomic E-state index is 12.3. The van der Waals surface area contributed by atoms with E-state index in [1.54, 1.807) is 0 Å². The fourth-order valence-electron chi connectivity index (χ4n) is 3.59. The van der Waals surface area contributed by atoms with Crippen LogP contribution in [0.3, 0.4) is 0 Å². The third-order valence-electron chi connectivity index (χ3n) is 5.36. The van der Waals surface area contributed by atoms with E-state index in [0.717, 1.165) is 0 Å². The third kappa shape index (κ3) is 6.50. The molecule has 33 heavy (non-hydrogen) atoms. The molecule has 3 atom stereocenters. The van der Waals surface area contributed by atoms with Gasteiger partial charge in [-0.1, -0.05) is 12.1 Å². The van der Waals surface area contributed by atoms with E-state index in [9.17, 15) is 35.1 Å². The Kier molecular flexibility index (Phi) is 7.57. The second kappa shape index (κ2) is 10.6. The summed E-state index contributed by atoms with van der Waals surface area (Å²) in [4.78, 5) is 24.5. The van der Waals surface area contributed by atoms with Gasteiger partial charge in [0.05, 0.1) is 18.2 Å². The van der Waals surface area contributed by atoms with E-state index in [-0.39, 0.29) is 23.0 Å². The van der Waals surface area contributed by atoms with Crippen molar-refractivity contribution in [3.8, 4) is 23.0 Å². The molecule has 7 N–H and O–H groups in total. The number of nitrogens with one attached hydrogen (secondary N) is 2. The van der Waals surface area contributed by atoms with E-state index in [1.165, 1.54) is 60.7 Å². The summed E-state index contributed by atoms with van der Waals surface area (Å²) in [6.45, 7) is 0. The first-order valence-electron chi connectivity index (χ1n) is 10.4. The van der Waals surface area contributed by atoms with E-state index < -0.39 is 30.0 Å². The van der Waals surface area contributed by atoms with Crippen LogP contribution in [-0.2, 0) is 9.59 Å². The molecule has 3 rings (SSSR count). The summed E-state index contributed by atoms with van der Waals surface area (Å²) in [5, 5.41) is 53.8. The highest BCUT2D eigenvalue weighted by atomic mass is 16.3. The summed E-state index contributed by atoms with van der Waals surface area (Å²) >= 11 is 0. The Morgan fingerprint density at radius 2 is 1.15 bits per heavy atom. The van der Waals surface area contributed by atoms with Crippen LogP contribution >= 0.6 is 0 Å². The summed E-state index contributed by atoms with van der Waals surface area (Å²) in [5.41, 5.74) is 1.03. The zero-order valence-electron chi connectivity index (χ0n) is 17.7. The Bertz CT molecular complexity index is 997. The lowest BCUT2D eigenvalue weighted by Gasteiger charge is -2.35. The van der Waals surface area contributed by atoms with Crippen molar-refractivity contribution in [1.82, 2.24) is 10.6 Å². The molecule has 0 radical (unpaired) electrons. The third-order valence-corrected chi connectivity index (χ3v) is 5.36. The molecule has 1 unspecified atom stereocenters. The van der Waals surface area contributed by atoms with Crippen molar-refractivity contribution in [3.05, 3.63) is 59.7 Å². The fraction of sp³-hybridized carbons (Fsp3) is 0.250. The molecule has 0 aromatic heterocycles. The van der Waals surface area contributed by atoms with Gasteiger partial charge in [-0.05, 0) is 66.8 Å². The number of aliphatic hydroxyl groups excluding tert-OH is 1. The molecule has 0 aliphatic heterocycles. The maximum Gasteiger partial charge on any atom is 0.244 e. The molecular formula is C24H26N2O7. The molecule has 174 valence electrons. The zero-order valence-corrected chi connectivity index (χ0v) is 17.7. The average molecular weight is 454 g/mol. The Morgan fingerprint density at radius 1 is 0.727 bits per heavy atom. The van der Waals surface area contributed by atoms with Crippen LogP contribution in [0.5, 0.6) is 23.0 Å². The van der Waals surface area contributed by atoms with E-state index in [2.05, 4.69) is 10.6 Å². The monoisotopic (exact) mass is 454 g/mol. The van der Waals surface area contributed by atoms with Crippen LogP contribution in [0, 0.1) is 0 Å². The minimum Gasteiger partial charge on any atom is -0.504 e. The number of hydrogen-bond donors (Lipinski definition) is 7. The zero-order chi connectivity index (χ0) is 24.0. The van der Waals surface area contributed by atoms with Crippen LogP contribution < -0.4 is 10.6 Å². The fourth-order valence-corrected chi connectivity index (χ4v) is 3.59. The van der Waals surface area contributed by atoms with Gasteiger partial charge in [-0.15, -0.1) is 0 Å². The molecule has 1 saturated carbocycles. The van der Waals surface area contributed by atoms with E-state index in [4.69, 9.17) is 0 Å². The lowest BCUT2D eigenvalue weighted by Crippen LogP contribution is -2.56. The molecule has 0 spiro atoms. The Morgan fingerprint density at radius 3 is 1.55 bits per heavy atom. The van der Waals surface area contributed by atoms with Crippen molar-refractivity contribution < 1.29 is 35.1 Å². The van der Waals surface area contributed by atoms with Crippen molar-refractivity contribution in [3.63, 3.8) is 0 Å². The number of aliphatic hydroxyl groups is 1. The molecule has 2 amide bonds. The van der Waals surface area contributed by atoms with Gasteiger partial charge in [0.1, 0.15) is 0 Å². The maximum atomic E-state index is 12.3. The van der Waals surface area contributed by atoms with Gasteiger partial charge in [0, 0.05) is 12.2 Å². The van der Waals surface area contributed by atoms with Crippen molar-refractivity contribution in [2.24, 2.45) is 0 Å². The van der Waals surface area contributed by atoms with E-state index in [1.807, 2.05) is 0 Å². The molecule has 1 aliphatic carbocycles. The first kappa shape index (κ1) is 23.7. The van der Waals surface area contributed by atoms with Gasteiger partial charge in [-0.25, -0.2) is 0 Å². The smallest absolute Gasteiger partial charge is 0.244 e. The highest BCUT2D eigenvalue weighted by Gasteiger charge is 2.33. The normalized spacial score (nSPS) is 20.7. The molecular weight excluding hydrogens is 428 g/mol. The number of amides is 2. The minimum absolute atomic E-state index is 0.258. The number of benzene rings is 2. The molecule has 0 saturated heterocycles. The van der Waals surface area contributed by atoms with E-state index in [0.29, 0.717) is 30.4 Å². The van der Waals surface area contributed by atoms with Crippen LogP contribution in [0.4, 0.5) is 0 Å². The first-order valence-corrected chi connectivity index (χ1v) is 10.4. The highest BCUT2D eigenvalue weighted by molar-refractivity contribution is 5.93. The first-order chi connectivity index (χ1) is 15.7. The van der Waals surface area contributed by atoms with Crippen molar-refractivity contribution in [1.29, 1.82) is 0 Å². The van der Waals surface area contributed by atoms with Gasteiger partial charge in [0.15, 0.2) is 23.0 Å². The molecule has 1 fully saturated rings. The predicted octanol–water partition coefficient (Wildman–Crippen LogP) is 1.75. The van der Waals surface area contributed by atoms with Crippen LogP contribution in [0.25, 0.3) is 12.2 Å². The van der Waals surface area contributed by atoms with Gasteiger partial charge < -0.3 is 36.2 Å². The van der Waals surface area contributed by atoms with Crippen molar-refractivity contribution in [2.75, 3.05) is 0 Å². The number of hydrogen-bond acceptors (Lipinski definition) is 7. The molecule has 1 aliphatic rings. The van der Waals surface area contributed by atoms with Gasteiger partial charge in [0.25, 0.3) is 0 Å². The molecule has 0 bridgehead atoms. The standard InChI is InChI=1S/C24H26N2O7/c27-18-8-4-14(12-20(18)29)6-10-22(31)25-16-2-1-3-17(24(16)33)26-23(32)11-7-15-5-9-19(28)21(30)13-15/h4-13,16-17,24,27-30,33H,1-3H2,(H,25,31)(H,26,32)/t16-,17+,24?. The average Bonchev–Trinajstić information content (AvgIpc) is 2.78. The van der Waals surface area contributed by atoms with Gasteiger partial charge in [-0.3, -0.25) is 9.59 Å². The Hall–Kier alpha value is -3.98. The van der Waals surface area contributed by atoms with Gasteiger partial charge in [-0.2, -0.15) is 0 Å². The Balaban J connectivity index is 1.54. The quantitative estimate of drug-likeness (QED) is 0.259. The molecule has 2 aromatic carbocycles. The largest absolute Gasteiger partial charge is 0.504 e. The van der Waals surface area contributed by atoms with Crippen LogP contribution in [-0.4, -0.2) is 55.5 Å². The lowest BCUT2D eigenvalue weighted by molar-refractivity contribution is -0.119. The predicted molar refractivity (Wildman–Crippen MR) is 121 cm³/mol. The van der Waals surface area contributed by atoms with Gasteiger partial charge >= 0.3 is 0 Å². The molecule has 2 aromatic rings. The molecule has 0 heterocycles. The summed E-state index contributed by atoms with van der Waals surface area (Å²) in [7, 11) is 0. The summed E-state index contributed by atoms with van der Waals surface area (Å²) in [5.74, 6) is -1.99. The number of rotatable bonds is 6. The second-order valence-electron chi connectivity index (χ2n) is 7.81. The summed E-state index contributed by atoms with van der Waals surface area (Å²) in [6, 6.07) is 7.22. The lowest BCUT2D eigenvalue weighted by atomic mass is 9.88. The van der Waals surface area contributed by atoms with E-state index >= 15 is 0 Å². The number of carbonyl (C=O) groups excluding carboxylic acids is 2. The molecule has 9 heteroatoms. The molecule has 9 nitrogen and oxygen atoms in total. The van der Waals surface area contributed by atoms with Crippen LogP contribution in [0.2, 0.25) is 0 Å². The van der Waals surface area contributed by atoms with Gasteiger partial charge in [0.2, 0.25) is 11.8 Å². The van der Waals surface area contributed by atoms with Crippen LogP contribution in [0.1, 0.15) is 30.4 Å². The SMILES string of the molecule is O=C(C=Cc1ccc(O)c(O)c1)N[C@H]1CCC[C@@H](NC(=O)C=Cc2ccc(O)c(O)c2)C1O. The summed E-state index contributed by atoms with van der Waals surface area (Å²) < 4.78 is 0. The van der Waals surface area contributed by atoms with Crippen molar-refractivity contribution in [2.45, 2.75) is 37.5 Å². The number of carbonyl (C=O) groups is 2. The Labute approximate surface area is 190 Å². The summed E-state index contributed by atoms with van der Waals surface area (Å²) in [6.07, 6.45) is 6.27. The highest BCUT2D eigenvalue weighted by Crippen LogP contribution is 2.26. The van der Waals surface area contributed by atoms with Crippen molar-refractivity contribution >= 4 is 24.0 Å². The van der Waals surface area contributed by atoms with Crippen LogP contribution in [0.15, 0.2) is 48.6 Å². The number of phenols is 4. The second-order valence-corrected chi connectivity index (χ2v) is 7.81. The number of phenolic OH excluding ortho intramolecular Hbond substituents is 4. The topological polar surface area (TPSA) is 159 Å². The minimum atomic E-state index is -0.983. The number of aromatic hydroxyl groups is 4.